The molecule has 1 N–H and O–H groups in total. The van der Waals surface area contributed by atoms with E-state index in [1.807, 2.05) is 12.1 Å². The molecule has 0 aromatic heterocycles. The van der Waals surface area contributed by atoms with Gasteiger partial charge in [0.1, 0.15) is 0 Å². The van der Waals surface area contributed by atoms with Gasteiger partial charge in [-0.2, -0.15) is 0 Å². The Morgan fingerprint density at radius 1 is 1.33 bits per heavy atom. The van der Waals surface area contributed by atoms with E-state index in [0.29, 0.717) is 5.92 Å². The van der Waals surface area contributed by atoms with E-state index in [-0.39, 0.29) is 6.10 Å². The zero-order valence-electron chi connectivity index (χ0n) is 6.70. The third-order valence-corrected chi connectivity index (χ3v) is 3.55. The highest BCUT2D eigenvalue weighted by Crippen LogP contribution is 2.40. The SMILES string of the molecule is O[C@@H]1CC(CI)c2ccccc21. The first-order valence-electron chi connectivity index (χ1n) is 4.15. The molecule has 1 aromatic carbocycles. The molecule has 12 heavy (non-hydrogen) atoms. The van der Waals surface area contributed by atoms with E-state index in [1.165, 1.54) is 5.56 Å². The third kappa shape index (κ3) is 1.27. The fraction of sp³-hybridized carbons (Fsp3) is 0.400. The molecule has 1 nitrogen and oxygen atoms in total. The van der Waals surface area contributed by atoms with Crippen LogP contribution in [0, 0.1) is 0 Å². The first-order valence-corrected chi connectivity index (χ1v) is 5.68. The van der Waals surface area contributed by atoms with Crippen molar-refractivity contribution < 1.29 is 5.11 Å². The van der Waals surface area contributed by atoms with Gasteiger partial charge < -0.3 is 5.11 Å². The second-order valence-electron chi connectivity index (χ2n) is 3.23. The number of aliphatic hydroxyl groups excluding tert-OH is 1. The fourth-order valence-electron chi connectivity index (χ4n) is 1.86. The van der Waals surface area contributed by atoms with E-state index in [2.05, 4.69) is 34.7 Å². The Balaban J connectivity index is 2.43. The highest BCUT2D eigenvalue weighted by atomic mass is 127. The zero-order chi connectivity index (χ0) is 8.55. The van der Waals surface area contributed by atoms with E-state index in [1.54, 1.807) is 0 Å². The molecule has 64 valence electrons. The number of halogens is 1. The van der Waals surface area contributed by atoms with Gasteiger partial charge in [0.05, 0.1) is 6.10 Å². The Hall–Kier alpha value is -0.0900. The van der Waals surface area contributed by atoms with E-state index in [4.69, 9.17) is 0 Å². The maximum absolute atomic E-state index is 9.68. The van der Waals surface area contributed by atoms with E-state index >= 15 is 0 Å². The summed E-state index contributed by atoms with van der Waals surface area (Å²) in [5.74, 6) is 0.566. The number of aliphatic hydroxyl groups is 1. The molecule has 0 amide bonds. The summed E-state index contributed by atoms with van der Waals surface area (Å²) >= 11 is 2.39. The van der Waals surface area contributed by atoms with Crippen LogP contribution in [0.25, 0.3) is 0 Å². The number of alkyl halides is 1. The van der Waals surface area contributed by atoms with Crippen molar-refractivity contribution in [2.75, 3.05) is 4.43 Å². The summed E-state index contributed by atoms with van der Waals surface area (Å²) in [4.78, 5) is 0. The molecule has 1 aliphatic carbocycles. The standard InChI is InChI=1S/C10H11IO/c11-6-7-5-10(12)9-4-2-1-3-8(7)9/h1-4,7,10,12H,5-6H2/t7?,10-/m1/s1. The number of hydrogen-bond acceptors (Lipinski definition) is 1. The predicted octanol–water partition coefficient (Wildman–Crippen LogP) is 2.64. The number of fused-ring (bicyclic) bond motifs is 1. The maximum Gasteiger partial charge on any atom is 0.0798 e. The van der Waals surface area contributed by atoms with Crippen LogP contribution in [-0.4, -0.2) is 9.53 Å². The molecule has 1 aliphatic rings. The van der Waals surface area contributed by atoms with Gasteiger partial charge in [0.15, 0.2) is 0 Å². The molecule has 1 aromatic rings. The van der Waals surface area contributed by atoms with Crippen LogP contribution in [0.15, 0.2) is 24.3 Å². The summed E-state index contributed by atoms with van der Waals surface area (Å²) in [6, 6.07) is 8.22. The van der Waals surface area contributed by atoms with Crippen LogP contribution in [0.4, 0.5) is 0 Å². The zero-order valence-corrected chi connectivity index (χ0v) is 8.86. The average Bonchev–Trinajstić information content (AvgIpc) is 2.44. The van der Waals surface area contributed by atoms with Crippen molar-refractivity contribution in [2.45, 2.75) is 18.4 Å². The molecular weight excluding hydrogens is 263 g/mol. The maximum atomic E-state index is 9.68. The quantitative estimate of drug-likeness (QED) is 0.616. The Labute approximate surface area is 85.9 Å². The normalized spacial score (nSPS) is 27.2. The Kier molecular flexibility index (Phi) is 2.37. The minimum absolute atomic E-state index is 0.221. The molecule has 2 rings (SSSR count). The smallest absolute Gasteiger partial charge is 0.0798 e. The lowest BCUT2D eigenvalue weighted by Crippen LogP contribution is -1.93. The number of benzene rings is 1. The van der Waals surface area contributed by atoms with Gasteiger partial charge in [-0.05, 0) is 23.5 Å². The van der Waals surface area contributed by atoms with Gasteiger partial charge in [0, 0.05) is 4.43 Å². The number of hydrogen-bond donors (Lipinski definition) is 1. The van der Waals surface area contributed by atoms with Crippen LogP contribution < -0.4 is 0 Å². The Bertz CT molecular complexity index is 285. The molecule has 0 heterocycles. The van der Waals surface area contributed by atoms with Crippen molar-refractivity contribution in [3.63, 3.8) is 0 Å². The lowest BCUT2D eigenvalue weighted by atomic mass is 10.0. The lowest BCUT2D eigenvalue weighted by molar-refractivity contribution is 0.175. The van der Waals surface area contributed by atoms with Gasteiger partial charge in [-0.1, -0.05) is 46.9 Å². The fourth-order valence-corrected chi connectivity index (χ4v) is 2.69. The van der Waals surface area contributed by atoms with Gasteiger partial charge in [0.25, 0.3) is 0 Å². The highest BCUT2D eigenvalue weighted by Gasteiger charge is 2.27. The van der Waals surface area contributed by atoms with Crippen molar-refractivity contribution in [3.05, 3.63) is 35.4 Å². The Morgan fingerprint density at radius 2 is 2.00 bits per heavy atom. The molecule has 0 bridgehead atoms. The molecule has 0 spiro atoms. The summed E-state index contributed by atoms with van der Waals surface area (Å²) in [5.41, 5.74) is 2.48. The number of rotatable bonds is 1. The summed E-state index contributed by atoms with van der Waals surface area (Å²) < 4.78 is 1.10. The average molecular weight is 274 g/mol. The van der Waals surface area contributed by atoms with Gasteiger partial charge in [0.2, 0.25) is 0 Å². The predicted molar refractivity (Wildman–Crippen MR) is 57.6 cm³/mol. The van der Waals surface area contributed by atoms with E-state index in [9.17, 15) is 5.11 Å². The second kappa shape index (κ2) is 3.34. The van der Waals surface area contributed by atoms with Gasteiger partial charge in [-0.3, -0.25) is 0 Å². The van der Waals surface area contributed by atoms with Crippen molar-refractivity contribution >= 4 is 22.6 Å². The van der Waals surface area contributed by atoms with Crippen LogP contribution in [0.3, 0.4) is 0 Å². The Morgan fingerprint density at radius 3 is 2.67 bits per heavy atom. The van der Waals surface area contributed by atoms with E-state index in [0.717, 1.165) is 16.4 Å². The highest BCUT2D eigenvalue weighted by molar-refractivity contribution is 14.1. The minimum atomic E-state index is -0.221. The first-order chi connectivity index (χ1) is 5.83. The van der Waals surface area contributed by atoms with Crippen LogP contribution in [0.1, 0.15) is 29.6 Å². The van der Waals surface area contributed by atoms with Gasteiger partial charge in [-0.25, -0.2) is 0 Å². The molecule has 1 unspecified atom stereocenters. The van der Waals surface area contributed by atoms with Gasteiger partial charge in [-0.15, -0.1) is 0 Å². The minimum Gasteiger partial charge on any atom is -0.388 e. The van der Waals surface area contributed by atoms with Crippen molar-refractivity contribution in [2.24, 2.45) is 0 Å². The summed E-state index contributed by atoms with van der Waals surface area (Å²) in [5, 5.41) is 9.68. The second-order valence-corrected chi connectivity index (χ2v) is 4.11. The summed E-state index contributed by atoms with van der Waals surface area (Å²) in [6.45, 7) is 0. The monoisotopic (exact) mass is 274 g/mol. The van der Waals surface area contributed by atoms with Crippen LogP contribution in [-0.2, 0) is 0 Å². The molecular formula is C10H11IO. The lowest BCUT2D eigenvalue weighted by Gasteiger charge is -2.04. The van der Waals surface area contributed by atoms with Crippen molar-refractivity contribution in [3.8, 4) is 0 Å². The third-order valence-electron chi connectivity index (χ3n) is 2.49. The molecule has 0 fully saturated rings. The molecule has 0 radical (unpaired) electrons. The molecule has 0 saturated carbocycles. The summed E-state index contributed by atoms with van der Waals surface area (Å²) in [7, 11) is 0. The molecule has 0 aliphatic heterocycles. The largest absolute Gasteiger partial charge is 0.388 e. The van der Waals surface area contributed by atoms with Crippen LogP contribution in [0.5, 0.6) is 0 Å². The van der Waals surface area contributed by atoms with Crippen LogP contribution >= 0.6 is 22.6 Å². The topological polar surface area (TPSA) is 20.2 Å². The molecule has 2 heteroatoms. The van der Waals surface area contributed by atoms with Crippen LogP contribution in [0.2, 0.25) is 0 Å². The van der Waals surface area contributed by atoms with Gasteiger partial charge >= 0.3 is 0 Å². The van der Waals surface area contributed by atoms with E-state index < -0.39 is 0 Å². The summed E-state index contributed by atoms with van der Waals surface area (Å²) in [6.07, 6.45) is 0.684. The molecule has 2 atom stereocenters. The van der Waals surface area contributed by atoms with Crippen molar-refractivity contribution in [1.29, 1.82) is 0 Å². The van der Waals surface area contributed by atoms with Crippen molar-refractivity contribution in [1.82, 2.24) is 0 Å². The first kappa shape index (κ1) is 8.51. The molecule has 0 saturated heterocycles.